The van der Waals surface area contributed by atoms with E-state index in [0.717, 1.165) is 18.3 Å². The van der Waals surface area contributed by atoms with Gasteiger partial charge >= 0.3 is 5.97 Å². The van der Waals surface area contributed by atoms with Crippen LogP contribution in [0.5, 0.6) is 0 Å². The molecule has 1 aromatic rings. The first-order valence-electron chi connectivity index (χ1n) is 6.49. The van der Waals surface area contributed by atoms with Gasteiger partial charge in [0.1, 0.15) is 6.61 Å². The Labute approximate surface area is 116 Å². The van der Waals surface area contributed by atoms with Crippen LogP contribution in [0.3, 0.4) is 0 Å². The van der Waals surface area contributed by atoms with Gasteiger partial charge in [0, 0.05) is 6.54 Å². The van der Waals surface area contributed by atoms with Crippen molar-refractivity contribution in [1.29, 1.82) is 0 Å². The minimum absolute atomic E-state index is 0.0379. The van der Waals surface area contributed by atoms with Gasteiger partial charge in [-0.05, 0) is 18.3 Å². The second kappa shape index (κ2) is 6.38. The number of hydrogen-bond donors (Lipinski definition) is 2. The number of hydrogen-bond acceptors (Lipinski definition) is 5. The lowest BCUT2D eigenvalue weighted by Gasteiger charge is -2.18. The van der Waals surface area contributed by atoms with Gasteiger partial charge in [0.05, 0.1) is 5.75 Å². The fourth-order valence-corrected chi connectivity index (χ4v) is 3.27. The molecule has 19 heavy (non-hydrogen) atoms. The monoisotopic (exact) mass is 285 g/mol. The Morgan fingerprint density at radius 3 is 2.84 bits per heavy atom. The lowest BCUT2D eigenvalue weighted by Crippen LogP contribution is -2.16. The van der Waals surface area contributed by atoms with Crippen molar-refractivity contribution in [3.8, 4) is 0 Å². The Balaban J connectivity index is 2.11. The third-order valence-corrected chi connectivity index (χ3v) is 4.67. The summed E-state index contributed by atoms with van der Waals surface area (Å²) in [5, 5.41) is 26.5. The number of carbonyl (C=O) groups is 1. The molecule has 1 aliphatic rings. The van der Waals surface area contributed by atoms with Gasteiger partial charge in [-0.3, -0.25) is 4.79 Å². The topological polar surface area (TPSA) is 88.2 Å². The molecule has 2 atom stereocenters. The molecular weight excluding hydrogens is 266 g/mol. The zero-order valence-electron chi connectivity index (χ0n) is 10.9. The van der Waals surface area contributed by atoms with Crippen molar-refractivity contribution in [2.75, 3.05) is 5.75 Å². The van der Waals surface area contributed by atoms with Crippen LogP contribution in [-0.2, 0) is 17.9 Å². The molecule has 0 aliphatic heterocycles. The molecule has 106 valence electrons. The molecule has 0 amide bonds. The maximum atomic E-state index is 10.6. The second-order valence-electron chi connectivity index (χ2n) is 5.02. The Kier molecular flexibility index (Phi) is 4.81. The Bertz CT molecular complexity index is 449. The standard InChI is InChI=1S/C12H19N3O3S/c1-8-3-2-4-9(8)5-15-10(6-16)13-14-12(15)19-7-11(17)18/h8-9,16H,2-7H2,1H3,(H,17,18). The minimum atomic E-state index is -0.876. The fourth-order valence-electron chi connectivity index (χ4n) is 2.58. The number of aliphatic carboxylic acids is 1. The van der Waals surface area contributed by atoms with Crippen LogP contribution in [0, 0.1) is 11.8 Å². The van der Waals surface area contributed by atoms with Crippen molar-refractivity contribution >= 4 is 17.7 Å². The predicted molar refractivity (Wildman–Crippen MR) is 70.8 cm³/mol. The van der Waals surface area contributed by atoms with Crippen LogP contribution < -0.4 is 0 Å². The predicted octanol–water partition coefficient (Wildman–Crippen LogP) is 1.38. The summed E-state index contributed by atoms with van der Waals surface area (Å²) in [6, 6.07) is 0. The van der Waals surface area contributed by atoms with Crippen LogP contribution in [0.15, 0.2) is 5.16 Å². The number of aliphatic hydroxyl groups is 1. The number of aliphatic hydroxyl groups excluding tert-OH is 1. The van der Waals surface area contributed by atoms with Gasteiger partial charge in [-0.25, -0.2) is 0 Å². The van der Waals surface area contributed by atoms with Crippen molar-refractivity contribution < 1.29 is 15.0 Å². The van der Waals surface area contributed by atoms with Crippen molar-refractivity contribution in [3.63, 3.8) is 0 Å². The van der Waals surface area contributed by atoms with E-state index < -0.39 is 5.97 Å². The van der Waals surface area contributed by atoms with Gasteiger partial charge in [-0.1, -0.05) is 31.5 Å². The summed E-state index contributed by atoms with van der Waals surface area (Å²) in [6.07, 6.45) is 3.64. The van der Waals surface area contributed by atoms with E-state index in [1.807, 2.05) is 4.57 Å². The van der Waals surface area contributed by atoms with E-state index in [1.165, 1.54) is 19.3 Å². The summed E-state index contributed by atoms with van der Waals surface area (Å²) in [6.45, 7) is 2.85. The first-order valence-corrected chi connectivity index (χ1v) is 7.48. The third kappa shape index (κ3) is 3.48. The van der Waals surface area contributed by atoms with Gasteiger partial charge in [0.15, 0.2) is 11.0 Å². The summed E-state index contributed by atoms with van der Waals surface area (Å²) in [4.78, 5) is 10.6. The number of nitrogens with zero attached hydrogens (tertiary/aromatic N) is 3. The summed E-state index contributed by atoms with van der Waals surface area (Å²) in [5.41, 5.74) is 0. The number of carboxylic acids is 1. The van der Waals surface area contributed by atoms with E-state index in [-0.39, 0.29) is 12.4 Å². The van der Waals surface area contributed by atoms with Gasteiger partial charge in [-0.2, -0.15) is 0 Å². The largest absolute Gasteiger partial charge is 0.481 e. The minimum Gasteiger partial charge on any atom is -0.481 e. The van der Waals surface area contributed by atoms with Crippen molar-refractivity contribution in [1.82, 2.24) is 14.8 Å². The van der Waals surface area contributed by atoms with Crippen LogP contribution >= 0.6 is 11.8 Å². The highest BCUT2D eigenvalue weighted by Gasteiger charge is 2.26. The molecule has 0 saturated heterocycles. The molecule has 2 unspecified atom stereocenters. The molecule has 1 heterocycles. The van der Waals surface area contributed by atoms with Crippen molar-refractivity contribution in [2.24, 2.45) is 11.8 Å². The molecular formula is C12H19N3O3S. The first kappa shape index (κ1) is 14.3. The molecule has 1 fully saturated rings. The van der Waals surface area contributed by atoms with Crippen molar-refractivity contribution in [3.05, 3.63) is 5.82 Å². The number of carboxylic acid groups (broad SMARTS) is 1. The molecule has 7 heteroatoms. The molecule has 0 aromatic carbocycles. The zero-order chi connectivity index (χ0) is 13.8. The van der Waals surface area contributed by atoms with Crippen molar-refractivity contribution in [2.45, 2.75) is 44.5 Å². The highest BCUT2D eigenvalue weighted by molar-refractivity contribution is 7.99. The lowest BCUT2D eigenvalue weighted by molar-refractivity contribution is -0.133. The van der Waals surface area contributed by atoms with Gasteiger partial charge in [0.2, 0.25) is 0 Å². The number of rotatable bonds is 6. The Morgan fingerprint density at radius 1 is 1.47 bits per heavy atom. The average Bonchev–Trinajstić information content (AvgIpc) is 2.95. The average molecular weight is 285 g/mol. The summed E-state index contributed by atoms with van der Waals surface area (Å²) in [7, 11) is 0. The number of aromatic nitrogens is 3. The quantitative estimate of drug-likeness (QED) is 0.768. The van der Waals surface area contributed by atoms with Gasteiger partial charge < -0.3 is 14.8 Å². The van der Waals surface area contributed by atoms with E-state index in [4.69, 9.17) is 5.11 Å². The van der Waals surface area contributed by atoms with Crippen LogP contribution in [0.1, 0.15) is 32.0 Å². The van der Waals surface area contributed by atoms with Crippen LogP contribution in [0.4, 0.5) is 0 Å². The fraction of sp³-hybridized carbons (Fsp3) is 0.750. The third-order valence-electron chi connectivity index (χ3n) is 3.72. The molecule has 1 saturated carbocycles. The molecule has 1 aromatic heterocycles. The lowest BCUT2D eigenvalue weighted by atomic mass is 9.98. The highest BCUT2D eigenvalue weighted by Crippen LogP contribution is 2.33. The van der Waals surface area contributed by atoms with Gasteiger partial charge in [-0.15, -0.1) is 10.2 Å². The summed E-state index contributed by atoms with van der Waals surface area (Å²) < 4.78 is 1.88. The normalized spacial score (nSPS) is 22.8. The molecule has 0 radical (unpaired) electrons. The van der Waals surface area contributed by atoms with Crippen LogP contribution in [0.25, 0.3) is 0 Å². The maximum absolute atomic E-state index is 10.6. The first-order chi connectivity index (χ1) is 9.11. The van der Waals surface area contributed by atoms with E-state index in [1.54, 1.807) is 0 Å². The molecule has 0 bridgehead atoms. The van der Waals surface area contributed by atoms with E-state index in [9.17, 15) is 9.90 Å². The Hall–Kier alpha value is -1.08. The maximum Gasteiger partial charge on any atom is 0.313 e. The number of thioether (sulfide) groups is 1. The highest BCUT2D eigenvalue weighted by atomic mass is 32.2. The summed E-state index contributed by atoms with van der Waals surface area (Å²) >= 11 is 1.15. The van der Waals surface area contributed by atoms with Crippen LogP contribution in [-0.4, -0.2) is 36.7 Å². The Morgan fingerprint density at radius 2 is 2.26 bits per heavy atom. The molecule has 2 rings (SSSR count). The summed E-state index contributed by atoms with van der Waals surface area (Å²) in [5.74, 6) is 0.826. The SMILES string of the molecule is CC1CCCC1Cn1c(CO)nnc1SCC(=O)O. The molecule has 2 N–H and O–H groups in total. The van der Waals surface area contributed by atoms with E-state index in [2.05, 4.69) is 17.1 Å². The zero-order valence-corrected chi connectivity index (χ0v) is 11.8. The second-order valence-corrected chi connectivity index (χ2v) is 5.96. The molecule has 6 nitrogen and oxygen atoms in total. The molecule has 0 spiro atoms. The smallest absolute Gasteiger partial charge is 0.313 e. The van der Waals surface area contributed by atoms with E-state index in [0.29, 0.717) is 22.8 Å². The molecule has 1 aliphatic carbocycles. The van der Waals surface area contributed by atoms with Gasteiger partial charge in [0.25, 0.3) is 0 Å². The van der Waals surface area contributed by atoms with Crippen LogP contribution in [0.2, 0.25) is 0 Å². The van der Waals surface area contributed by atoms with E-state index >= 15 is 0 Å².